The van der Waals surface area contributed by atoms with Crippen LogP contribution in [0.1, 0.15) is 25.8 Å². The lowest BCUT2D eigenvalue weighted by molar-refractivity contribution is -0.158. The van der Waals surface area contributed by atoms with Crippen LogP contribution in [0.5, 0.6) is 5.75 Å². The number of ketones is 1. The van der Waals surface area contributed by atoms with E-state index in [1.807, 2.05) is 0 Å². The molecule has 1 aromatic rings. The Hall–Kier alpha value is -3.43. The number of carbonyl (C=O) groups excluding carboxylic acids is 4. The molecule has 1 saturated heterocycles. The van der Waals surface area contributed by atoms with Crippen molar-refractivity contribution in [2.45, 2.75) is 32.4 Å². The number of piperidine rings is 1. The zero-order chi connectivity index (χ0) is 21.8. The van der Waals surface area contributed by atoms with Crippen LogP contribution >= 0.6 is 0 Å². The fourth-order valence-corrected chi connectivity index (χ4v) is 3.06. The second-order valence-corrected chi connectivity index (χ2v) is 7.32. The average Bonchev–Trinajstić information content (AvgIpc) is 2.62. The number of ether oxygens (including phenoxy) is 1. The normalized spacial score (nSPS) is 18.3. The van der Waals surface area contributed by atoms with Crippen LogP contribution in [0.4, 0.5) is 0 Å². The summed E-state index contributed by atoms with van der Waals surface area (Å²) in [6.45, 7) is 2.65. The average molecular weight is 405 g/mol. The van der Waals surface area contributed by atoms with Crippen LogP contribution in [0.3, 0.4) is 0 Å². The van der Waals surface area contributed by atoms with Gasteiger partial charge in [-0.05, 0) is 31.5 Å². The number of benzene rings is 1. The summed E-state index contributed by atoms with van der Waals surface area (Å²) in [6, 6.07) is 6.61. The van der Waals surface area contributed by atoms with Crippen LogP contribution in [0.2, 0.25) is 0 Å². The summed E-state index contributed by atoms with van der Waals surface area (Å²) in [6.07, 6.45) is -0.0380. The first-order valence-corrected chi connectivity index (χ1v) is 8.85. The maximum atomic E-state index is 12.9. The van der Waals surface area contributed by atoms with E-state index in [0.717, 1.165) is 5.56 Å². The van der Waals surface area contributed by atoms with Crippen LogP contribution < -0.4 is 15.8 Å². The van der Waals surface area contributed by atoms with Crippen LogP contribution in [-0.2, 0) is 30.5 Å². The molecule has 0 aromatic heterocycles. The van der Waals surface area contributed by atoms with E-state index in [2.05, 4.69) is 5.32 Å². The molecule has 29 heavy (non-hydrogen) atoms. The van der Waals surface area contributed by atoms with Gasteiger partial charge in [-0.1, -0.05) is 12.1 Å². The highest BCUT2D eigenvalue weighted by atomic mass is 16.5. The predicted octanol–water partition coefficient (Wildman–Crippen LogP) is -0.552. The molecular weight excluding hydrogens is 382 g/mol. The number of rotatable bonds is 8. The van der Waals surface area contributed by atoms with Crippen LogP contribution in [0, 0.1) is 5.92 Å². The molecular formula is C19H23N3O7. The Morgan fingerprint density at radius 2 is 1.86 bits per heavy atom. The van der Waals surface area contributed by atoms with Gasteiger partial charge in [0.25, 0.3) is 5.91 Å². The molecule has 10 nitrogen and oxygen atoms in total. The lowest BCUT2D eigenvalue weighted by Crippen LogP contribution is -2.60. The number of carboxylic acids is 1. The number of Topliss-reactive ketones (excluding diaryl/α,β-unsaturated/α-hetero) is 1. The molecule has 1 aliphatic heterocycles. The van der Waals surface area contributed by atoms with Crippen molar-refractivity contribution in [3.05, 3.63) is 29.8 Å². The summed E-state index contributed by atoms with van der Waals surface area (Å²) in [5, 5.41) is 10.8. The molecule has 0 radical (unpaired) electrons. The number of nitrogens with one attached hydrogen (secondary N) is 1. The molecule has 1 heterocycles. The molecule has 1 atom stereocenters. The Morgan fingerprint density at radius 3 is 2.41 bits per heavy atom. The van der Waals surface area contributed by atoms with Crippen molar-refractivity contribution in [3.63, 3.8) is 0 Å². The minimum atomic E-state index is -1.57. The fraction of sp³-hybridized carbons (Fsp3) is 0.421. The van der Waals surface area contributed by atoms with Crippen LogP contribution in [-0.4, -0.2) is 58.2 Å². The van der Waals surface area contributed by atoms with Crippen LogP contribution in [0.25, 0.3) is 0 Å². The molecule has 0 saturated carbocycles. The summed E-state index contributed by atoms with van der Waals surface area (Å²) in [5.41, 5.74) is 4.92. The maximum Gasteiger partial charge on any atom is 0.322 e. The Bertz CT molecular complexity index is 833. The van der Waals surface area contributed by atoms with E-state index in [0.29, 0.717) is 5.75 Å². The number of hydrogen-bond donors (Lipinski definition) is 3. The highest BCUT2D eigenvalue weighted by Gasteiger charge is 2.48. The third kappa shape index (κ3) is 5.53. The Kier molecular flexibility index (Phi) is 6.57. The van der Waals surface area contributed by atoms with Gasteiger partial charge in [0.1, 0.15) is 12.3 Å². The second-order valence-electron chi connectivity index (χ2n) is 7.32. The summed E-state index contributed by atoms with van der Waals surface area (Å²) >= 11 is 0. The number of aliphatic carboxylic acids is 1. The minimum absolute atomic E-state index is 0.0380. The zero-order valence-electron chi connectivity index (χ0n) is 16.1. The molecule has 3 amide bonds. The quantitative estimate of drug-likeness (QED) is 0.490. The van der Waals surface area contributed by atoms with Crippen molar-refractivity contribution >= 4 is 29.5 Å². The van der Waals surface area contributed by atoms with Crippen molar-refractivity contribution in [2.75, 3.05) is 13.2 Å². The van der Waals surface area contributed by atoms with E-state index < -0.39 is 47.5 Å². The number of nitrogens with zero attached hydrogens (tertiary/aromatic N) is 1. The number of carboxylic acid groups (broad SMARTS) is 1. The highest BCUT2D eigenvalue weighted by Crippen LogP contribution is 2.31. The maximum absolute atomic E-state index is 12.9. The molecule has 10 heteroatoms. The molecule has 1 aliphatic rings. The zero-order valence-corrected chi connectivity index (χ0v) is 16.1. The molecule has 0 bridgehead atoms. The van der Waals surface area contributed by atoms with E-state index in [9.17, 15) is 24.0 Å². The summed E-state index contributed by atoms with van der Waals surface area (Å²) < 4.78 is 5.18. The third-order valence-electron chi connectivity index (χ3n) is 4.49. The van der Waals surface area contributed by atoms with Gasteiger partial charge in [0, 0.05) is 18.5 Å². The standard InChI is InChI=1S/C19H23N3O7/c1-19(2)7-13(23)16(17(27)21-8-15(25)26)18(28)22(19)9-11-3-5-12(6-4-11)29-10-14(20)24/h3-6,16H,7-10H2,1-2H3,(H2,20,24)(H,21,27)(H,25,26). The largest absolute Gasteiger partial charge is 0.484 e. The number of carbonyl (C=O) groups is 5. The van der Waals surface area contributed by atoms with Gasteiger partial charge in [-0.3, -0.25) is 24.0 Å². The number of nitrogens with two attached hydrogens (primary N) is 1. The topological polar surface area (TPSA) is 156 Å². The Labute approximate surface area is 167 Å². The van der Waals surface area contributed by atoms with Gasteiger partial charge >= 0.3 is 5.97 Å². The Balaban J connectivity index is 2.15. The lowest BCUT2D eigenvalue weighted by atomic mass is 9.82. The van der Waals surface area contributed by atoms with Crippen LogP contribution in [0.15, 0.2) is 24.3 Å². The van der Waals surface area contributed by atoms with Gasteiger partial charge in [0.15, 0.2) is 18.3 Å². The first-order valence-electron chi connectivity index (χ1n) is 8.85. The number of likely N-dealkylation sites (tertiary alicyclic amines) is 1. The predicted molar refractivity (Wildman–Crippen MR) is 99.5 cm³/mol. The molecule has 1 aromatic carbocycles. The Morgan fingerprint density at radius 1 is 1.24 bits per heavy atom. The molecule has 1 fully saturated rings. The number of amides is 3. The van der Waals surface area contributed by atoms with E-state index in [1.54, 1.807) is 38.1 Å². The number of hydrogen-bond acceptors (Lipinski definition) is 6. The summed E-state index contributed by atoms with van der Waals surface area (Å²) in [7, 11) is 0. The fourth-order valence-electron chi connectivity index (χ4n) is 3.06. The first kappa shape index (κ1) is 21.9. The molecule has 1 unspecified atom stereocenters. The molecule has 4 N–H and O–H groups in total. The third-order valence-corrected chi connectivity index (χ3v) is 4.49. The summed E-state index contributed by atoms with van der Waals surface area (Å²) in [5.74, 6) is -5.16. The van der Waals surface area contributed by atoms with Gasteiger partial charge in [-0.25, -0.2) is 0 Å². The van der Waals surface area contributed by atoms with E-state index in [1.165, 1.54) is 4.90 Å². The van der Waals surface area contributed by atoms with E-state index in [-0.39, 0.29) is 19.6 Å². The van der Waals surface area contributed by atoms with Crippen molar-refractivity contribution in [1.82, 2.24) is 10.2 Å². The van der Waals surface area contributed by atoms with Crippen molar-refractivity contribution < 1.29 is 33.8 Å². The second kappa shape index (κ2) is 8.72. The SMILES string of the molecule is CC1(C)CC(=O)C(C(=O)NCC(=O)O)C(=O)N1Cc1ccc(OCC(N)=O)cc1. The first-order chi connectivity index (χ1) is 13.5. The van der Waals surface area contributed by atoms with Crippen molar-refractivity contribution in [1.29, 1.82) is 0 Å². The van der Waals surface area contributed by atoms with Crippen molar-refractivity contribution in [3.8, 4) is 5.75 Å². The van der Waals surface area contributed by atoms with E-state index in [4.69, 9.17) is 15.6 Å². The molecule has 0 spiro atoms. The van der Waals surface area contributed by atoms with Gasteiger partial charge < -0.3 is 25.8 Å². The van der Waals surface area contributed by atoms with Crippen molar-refractivity contribution in [2.24, 2.45) is 11.7 Å². The van der Waals surface area contributed by atoms with E-state index >= 15 is 0 Å². The molecule has 156 valence electrons. The van der Waals surface area contributed by atoms with Gasteiger partial charge in [0.05, 0.1) is 0 Å². The highest BCUT2D eigenvalue weighted by molar-refractivity contribution is 6.20. The monoisotopic (exact) mass is 405 g/mol. The molecule has 0 aliphatic carbocycles. The molecule has 2 rings (SSSR count). The van der Waals surface area contributed by atoms with Gasteiger partial charge in [-0.2, -0.15) is 0 Å². The van der Waals surface area contributed by atoms with Gasteiger partial charge in [-0.15, -0.1) is 0 Å². The minimum Gasteiger partial charge on any atom is -0.484 e. The number of primary amides is 1. The summed E-state index contributed by atoms with van der Waals surface area (Å²) in [4.78, 5) is 60.3. The van der Waals surface area contributed by atoms with Gasteiger partial charge in [0.2, 0.25) is 11.8 Å². The smallest absolute Gasteiger partial charge is 0.322 e. The lowest BCUT2D eigenvalue weighted by Gasteiger charge is -2.44.